The largest absolute Gasteiger partial charge is 0.393 e. The van der Waals surface area contributed by atoms with Crippen LogP contribution in [0.25, 0.3) is 0 Å². The molecule has 2 atom stereocenters. The summed E-state index contributed by atoms with van der Waals surface area (Å²) in [4.78, 5) is 12.1. The SMILES string of the molecule is CCCC(=O)[C@H](CS(=O)(=O)c1ccc(C)cc1)[C@@H](C)O. The third-order valence-electron chi connectivity index (χ3n) is 3.27. The predicted molar refractivity (Wildman–Crippen MR) is 78.3 cm³/mol. The minimum atomic E-state index is -3.57. The predicted octanol–water partition coefficient (Wildman–Crippen LogP) is 2.13. The Bertz CT molecular complexity index is 544. The van der Waals surface area contributed by atoms with Crippen molar-refractivity contribution in [3.8, 4) is 0 Å². The Morgan fingerprint density at radius 1 is 1.25 bits per heavy atom. The third-order valence-corrected chi connectivity index (χ3v) is 5.06. The first-order valence-electron chi connectivity index (χ1n) is 6.78. The number of carbonyl (C=O) groups is 1. The normalized spacial score (nSPS) is 14.8. The number of sulfone groups is 1. The summed E-state index contributed by atoms with van der Waals surface area (Å²) >= 11 is 0. The van der Waals surface area contributed by atoms with E-state index < -0.39 is 21.9 Å². The smallest absolute Gasteiger partial charge is 0.179 e. The van der Waals surface area contributed by atoms with Gasteiger partial charge in [-0.3, -0.25) is 4.79 Å². The fourth-order valence-electron chi connectivity index (χ4n) is 2.01. The van der Waals surface area contributed by atoms with Crippen molar-refractivity contribution in [3.05, 3.63) is 29.8 Å². The molecule has 0 aliphatic heterocycles. The molecule has 0 saturated carbocycles. The highest BCUT2D eigenvalue weighted by Gasteiger charge is 2.29. The van der Waals surface area contributed by atoms with E-state index in [2.05, 4.69) is 0 Å². The van der Waals surface area contributed by atoms with Crippen LogP contribution in [0, 0.1) is 12.8 Å². The number of carbonyl (C=O) groups excluding carboxylic acids is 1. The molecule has 0 radical (unpaired) electrons. The second-order valence-corrected chi connectivity index (χ2v) is 7.19. The maximum absolute atomic E-state index is 12.3. The van der Waals surface area contributed by atoms with Gasteiger partial charge in [0.1, 0.15) is 5.78 Å². The number of rotatable bonds is 7. The van der Waals surface area contributed by atoms with Gasteiger partial charge in [0.2, 0.25) is 0 Å². The summed E-state index contributed by atoms with van der Waals surface area (Å²) in [7, 11) is -3.57. The highest BCUT2D eigenvalue weighted by atomic mass is 32.2. The molecule has 0 aromatic heterocycles. The van der Waals surface area contributed by atoms with Gasteiger partial charge in [-0.2, -0.15) is 0 Å². The zero-order valence-electron chi connectivity index (χ0n) is 12.2. The molecule has 0 bridgehead atoms. The molecular weight excluding hydrogens is 276 g/mol. The van der Waals surface area contributed by atoms with E-state index in [1.165, 1.54) is 19.1 Å². The van der Waals surface area contributed by atoms with Gasteiger partial charge in [-0.1, -0.05) is 24.6 Å². The van der Waals surface area contributed by atoms with E-state index in [9.17, 15) is 18.3 Å². The number of aliphatic hydroxyl groups is 1. The van der Waals surface area contributed by atoms with Crippen LogP contribution in [0.4, 0.5) is 0 Å². The molecule has 0 saturated heterocycles. The summed E-state index contributed by atoms with van der Waals surface area (Å²) in [6.07, 6.45) is -0.0275. The summed E-state index contributed by atoms with van der Waals surface area (Å²) < 4.78 is 24.6. The van der Waals surface area contributed by atoms with Gasteiger partial charge in [0.25, 0.3) is 0 Å². The van der Waals surface area contributed by atoms with Crippen molar-refractivity contribution in [3.63, 3.8) is 0 Å². The van der Waals surface area contributed by atoms with Gasteiger partial charge in [-0.25, -0.2) is 8.42 Å². The second kappa shape index (κ2) is 6.99. The van der Waals surface area contributed by atoms with Crippen LogP contribution >= 0.6 is 0 Å². The van der Waals surface area contributed by atoms with Crippen molar-refractivity contribution >= 4 is 15.6 Å². The Morgan fingerprint density at radius 2 is 1.80 bits per heavy atom. The quantitative estimate of drug-likeness (QED) is 0.837. The van der Waals surface area contributed by atoms with Crippen LogP contribution in [0.2, 0.25) is 0 Å². The molecule has 20 heavy (non-hydrogen) atoms. The van der Waals surface area contributed by atoms with Crippen molar-refractivity contribution in [2.75, 3.05) is 5.75 Å². The van der Waals surface area contributed by atoms with Crippen LogP contribution in [0.3, 0.4) is 0 Å². The lowest BCUT2D eigenvalue weighted by Crippen LogP contribution is -2.32. The molecular formula is C15H22O4S. The number of aryl methyl sites for hydroxylation is 1. The van der Waals surface area contributed by atoms with Crippen molar-refractivity contribution in [1.82, 2.24) is 0 Å². The number of benzene rings is 1. The maximum atomic E-state index is 12.3. The summed E-state index contributed by atoms with van der Waals surface area (Å²) in [5.41, 5.74) is 0.970. The summed E-state index contributed by atoms with van der Waals surface area (Å²) in [5, 5.41) is 9.68. The highest BCUT2D eigenvalue weighted by Crippen LogP contribution is 2.19. The average molecular weight is 298 g/mol. The van der Waals surface area contributed by atoms with E-state index in [0.717, 1.165) is 5.56 Å². The first kappa shape index (κ1) is 16.9. The Labute approximate surface area is 120 Å². The number of Topliss-reactive ketones (excluding diaryl/α,β-unsaturated/α-hetero) is 1. The van der Waals surface area contributed by atoms with E-state index in [4.69, 9.17) is 0 Å². The molecule has 4 nitrogen and oxygen atoms in total. The zero-order valence-corrected chi connectivity index (χ0v) is 13.0. The van der Waals surface area contributed by atoms with E-state index in [0.29, 0.717) is 12.8 Å². The van der Waals surface area contributed by atoms with Crippen molar-refractivity contribution in [1.29, 1.82) is 0 Å². The Hall–Kier alpha value is -1.20. The zero-order chi connectivity index (χ0) is 15.3. The number of hydrogen-bond donors (Lipinski definition) is 1. The van der Waals surface area contributed by atoms with Crippen molar-refractivity contribution < 1.29 is 18.3 Å². The molecule has 0 fully saturated rings. The van der Waals surface area contributed by atoms with E-state index in [-0.39, 0.29) is 16.4 Å². The van der Waals surface area contributed by atoms with Gasteiger partial charge >= 0.3 is 0 Å². The molecule has 0 aliphatic rings. The molecule has 5 heteroatoms. The third kappa shape index (κ3) is 4.42. The first-order valence-corrected chi connectivity index (χ1v) is 8.43. The minimum Gasteiger partial charge on any atom is -0.393 e. The van der Waals surface area contributed by atoms with Gasteiger partial charge in [0, 0.05) is 6.42 Å². The number of aliphatic hydroxyl groups excluding tert-OH is 1. The van der Waals surface area contributed by atoms with Crippen LogP contribution in [-0.4, -0.2) is 31.2 Å². The topological polar surface area (TPSA) is 71.4 Å². The second-order valence-electron chi connectivity index (χ2n) is 5.16. The Balaban J connectivity index is 2.97. The van der Waals surface area contributed by atoms with E-state index >= 15 is 0 Å². The average Bonchev–Trinajstić information content (AvgIpc) is 2.36. The molecule has 1 rings (SSSR count). The molecule has 0 heterocycles. The summed E-state index contributed by atoms with van der Waals surface area (Å²) in [6, 6.07) is 6.51. The van der Waals surface area contributed by atoms with Crippen LogP contribution in [-0.2, 0) is 14.6 Å². The lowest BCUT2D eigenvalue weighted by atomic mass is 9.98. The van der Waals surface area contributed by atoms with Crippen LogP contribution in [0.15, 0.2) is 29.2 Å². The van der Waals surface area contributed by atoms with Gasteiger partial charge in [0.05, 0.1) is 22.7 Å². The maximum Gasteiger partial charge on any atom is 0.179 e. The number of ketones is 1. The lowest BCUT2D eigenvalue weighted by Gasteiger charge is -2.18. The summed E-state index contributed by atoms with van der Waals surface area (Å²) in [6.45, 7) is 5.19. The highest BCUT2D eigenvalue weighted by molar-refractivity contribution is 7.91. The number of hydrogen-bond acceptors (Lipinski definition) is 4. The van der Waals surface area contributed by atoms with E-state index in [1.54, 1.807) is 12.1 Å². The summed E-state index contributed by atoms with van der Waals surface area (Å²) in [5.74, 6) is -1.40. The van der Waals surface area contributed by atoms with Crippen LogP contribution < -0.4 is 0 Å². The minimum absolute atomic E-state index is 0.193. The van der Waals surface area contributed by atoms with Gasteiger partial charge in [-0.05, 0) is 32.4 Å². The van der Waals surface area contributed by atoms with Crippen molar-refractivity contribution in [2.24, 2.45) is 5.92 Å². The van der Waals surface area contributed by atoms with Gasteiger partial charge in [0.15, 0.2) is 9.84 Å². The molecule has 1 aromatic rings. The molecule has 0 unspecified atom stereocenters. The lowest BCUT2D eigenvalue weighted by molar-refractivity contribution is -0.125. The molecule has 1 N–H and O–H groups in total. The molecule has 0 aliphatic carbocycles. The van der Waals surface area contributed by atoms with Gasteiger partial charge < -0.3 is 5.11 Å². The molecule has 0 amide bonds. The molecule has 112 valence electrons. The van der Waals surface area contributed by atoms with Crippen molar-refractivity contribution in [2.45, 2.75) is 44.6 Å². The fraction of sp³-hybridized carbons (Fsp3) is 0.533. The monoisotopic (exact) mass is 298 g/mol. The van der Waals surface area contributed by atoms with Crippen LogP contribution in [0.5, 0.6) is 0 Å². The molecule has 0 spiro atoms. The standard InChI is InChI=1S/C15H22O4S/c1-4-5-15(17)14(12(3)16)10-20(18,19)13-8-6-11(2)7-9-13/h6-9,12,14,16H,4-5,10H2,1-3H3/t12-,14-/m1/s1. The fourth-order valence-corrected chi connectivity index (χ4v) is 3.69. The first-order chi connectivity index (χ1) is 9.27. The Kier molecular flexibility index (Phi) is 5.89. The van der Waals surface area contributed by atoms with Gasteiger partial charge in [-0.15, -0.1) is 0 Å². The molecule has 1 aromatic carbocycles. The Morgan fingerprint density at radius 3 is 2.25 bits per heavy atom. The van der Waals surface area contributed by atoms with E-state index in [1.807, 2.05) is 13.8 Å². The van der Waals surface area contributed by atoms with Crippen LogP contribution in [0.1, 0.15) is 32.3 Å².